The molecule has 4 nitrogen and oxygen atoms in total. The van der Waals surface area contributed by atoms with Crippen LogP contribution >= 0.6 is 0 Å². The molecule has 2 aromatic carbocycles. The Balaban J connectivity index is 2.09. The van der Waals surface area contributed by atoms with Crippen molar-refractivity contribution in [3.63, 3.8) is 0 Å². The molecular formula is C23H32N2O2. The topological polar surface area (TPSA) is 50.4 Å². The van der Waals surface area contributed by atoms with Crippen LogP contribution in [-0.4, -0.2) is 19.1 Å². The van der Waals surface area contributed by atoms with E-state index < -0.39 is 0 Å². The highest BCUT2D eigenvalue weighted by Crippen LogP contribution is 2.26. The van der Waals surface area contributed by atoms with Crippen molar-refractivity contribution in [3.05, 3.63) is 59.7 Å². The molecular weight excluding hydrogens is 336 g/mol. The number of amides is 1. The summed E-state index contributed by atoms with van der Waals surface area (Å²) in [7, 11) is 1.60. The molecule has 0 fully saturated rings. The fourth-order valence-corrected chi connectivity index (χ4v) is 3.10. The van der Waals surface area contributed by atoms with E-state index >= 15 is 0 Å². The van der Waals surface area contributed by atoms with Crippen LogP contribution in [0.15, 0.2) is 48.5 Å². The molecule has 0 radical (unpaired) electrons. The normalized spacial score (nSPS) is 13.5. The highest BCUT2D eigenvalue weighted by molar-refractivity contribution is 5.95. The highest BCUT2D eigenvalue weighted by atomic mass is 16.5. The van der Waals surface area contributed by atoms with Crippen molar-refractivity contribution in [2.24, 2.45) is 5.92 Å². The van der Waals surface area contributed by atoms with Crippen LogP contribution in [0.25, 0.3) is 0 Å². The Morgan fingerprint density at radius 3 is 2.04 bits per heavy atom. The van der Waals surface area contributed by atoms with E-state index in [2.05, 4.69) is 62.6 Å². The number of rotatable bonds is 8. The zero-order valence-corrected chi connectivity index (χ0v) is 17.2. The van der Waals surface area contributed by atoms with Crippen LogP contribution < -0.4 is 15.4 Å². The number of methoxy groups -OCH3 is 1. The second-order valence-corrected chi connectivity index (χ2v) is 7.62. The van der Waals surface area contributed by atoms with E-state index in [0.29, 0.717) is 23.3 Å². The van der Waals surface area contributed by atoms with Gasteiger partial charge in [-0.25, -0.2) is 0 Å². The molecule has 2 aromatic rings. The molecule has 146 valence electrons. The van der Waals surface area contributed by atoms with Gasteiger partial charge >= 0.3 is 0 Å². The van der Waals surface area contributed by atoms with Gasteiger partial charge in [-0.05, 0) is 42.0 Å². The molecule has 1 amide bonds. The second kappa shape index (κ2) is 9.56. The van der Waals surface area contributed by atoms with E-state index in [9.17, 15) is 4.79 Å². The summed E-state index contributed by atoms with van der Waals surface area (Å²) in [6.45, 7) is 10.6. The number of hydrogen-bond acceptors (Lipinski definition) is 3. The molecule has 0 unspecified atom stereocenters. The number of anilines is 1. The number of nitrogens with one attached hydrogen (secondary N) is 2. The molecule has 0 aliphatic carbocycles. The number of carbonyl (C=O) groups is 1. The summed E-state index contributed by atoms with van der Waals surface area (Å²) < 4.78 is 5.31. The molecule has 2 rings (SSSR count). The Kier molecular flexibility index (Phi) is 7.43. The maximum atomic E-state index is 12.7. The van der Waals surface area contributed by atoms with E-state index in [1.165, 1.54) is 11.1 Å². The van der Waals surface area contributed by atoms with Crippen LogP contribution in [0.4, 0.5) is 5.69 Å². The van der Waals surface area contributed by atoms with Gasteiger partial charge in [0.1, 0.15) is 5.75 Å². The average Bonchev–Trinajstić information content (AvgIpc) is 2.66. The number of para-hydroxylation sites is 2. The minimum atomic E-state index is -0.341. The number of hydrogen-bond donors (Lipinski definition) is 2. The molecule has 2 atom stereocenters. The van der Waals surface area contributed by atoms with Crippen LogP contribution in [0, 0.1) is 5.92 Å². The highest BCUT2D eigenvalue weighted by Gasteiger charge is 2.22. The molecule has 0 aliphatic heterocycles. The molecule has 0 bridgehead atoms. The first-order valence-corrected chi connectivity index (χ1v) is 9.63. The predicted octanol–water partition coefficient (Wildman–Crippen LogP) is 5.13. The van der Waals surface area contributed by atoms with Gasteiger partial charge in [-0.3, -0.25) is 10.1 Å². The van der Waals surface area contributed by atoms with Crippen molar-refractivity contribution in [1.29, 1.82) is 0 Å². The fourth-order valence-electron chi connectivity index (χ4n) is 3.10. The third-order valence-corrected chi connectivity index (χ3v) is 4.82. The van der Waals surface area contributed by atoms with Crippen LogP contribution in [0.5, 0.6) is 5.75 Å². The molecule has 4 heteroatoms. The fraction of sp³-hybridized carbons (Fsp3) is 0.435. The van der Waals surface area contributed by atoms with E-state index in [1.807, 2.05) is 31.2 Å². The zero-order valence-electron chi connectivity index (χ0n) is 17.2. The molecule has 0 aliphatic rings. The number of ether oxygens (including phenoxy) is 1. The summed E-state index contributed by atoms with van der Waals surface area (Å²) in [6, 6.07) is 15.9. The second-order valence-electron chi connectivity index (χ2n) is 7.62. The SMILES string of the molecule is COc1ccccc1NC(=O)[C@@H](C)N[C@H](c1ccc(C(C)C)cc1)C(C)C. The summed E-state index contributed by atoms with van der Waals surface area (Å²) in [5.41, 5.74) is 3.20. The van der Waals surface area contributed by atoms with Gasteiger partial charge < -0.3 is 10.1 Å². The van der Waals surface area contributed by atoms with Gasteiger partial charge in [-0.1, -0.05) is 64.1 Å². The lowest BCUT2D eigenvalue weighted by Crippen LogP contribution is -2.41. The standard InChI is InChI=1S/C23H32N2O2/c1-15(2)18-11-13-19(14-12-18)22(16(3)4)24-17(5)23(26)25-20-9-7-8-10-21(20)27-6/h7-17,22,24H,1-6H3,(H,25,26)/t17-,22+/m1/s1. The van der Waals surface area contributed by atoms with Crippen LogP contribution in [-0.2, 0) is 4.79 Å². The summed E-state index contributed by atoms with van der Waals surface area (Å²) in [6.07, 6.45) is 0. The van der Waals surface area contributed by atoms with Gasteiger partial charge in [-0.15, -0.1) is 0 Å². The summed E-state index contributed by atoms with van der Waals surface area (Å²) >= 11 is 0. The van der Waals surface area contributed by atoms with Crippen molar-refractivity contribution in [1.82, 2.24) is 5.32 Å². The third-order valence-electron chi connectivity index (χ3n) is 4.82. The number of carbonyl (C=O) groups excluding carboxylic acids is 1. The van der Waals surface area contributed by atoms with Gasteiger partial charge in [0.25, 0.3) is 0 Å². The van der Waals surface area contributed by atoms with E-state index in [-0.39, 0.29) is 18.0 Å². The molecule has 0 spiro atoms. The maximum absolute atomic E-state index is 12.7. The van der Waals surface area contributed by atoms with Crippen molar-refractivity contribution in [2.45, 2.75) is 52.6 Å². The number of benzene rings is 2. The molecule has 0 saturated heterocycles. The molecule has 0 aromatic heterocycles. The minimum absolute atomic E-state index is 0.0797. The van der Waals surface area contributed by atoms with Crippen molar-refractivity contribution in [3.8, 4) is 5.75 Å². The Hall–Kier alpha value is -2.33. The lowest BCUT2D eigenvalue weighted by molar-refractivity contribution is -0.118. The molecule has 0 heterocycles. The lowest BCUT2D eigenvalue weighted by atomic mass is 9.93. The van der Waals surface area contributed by atoms with Gasteiger partial charge in [0, 0.05) is 6.04 Å². The Bertz CT molecular complexity index is 738. The third kappa shape index (κ3) is 5.57. The van der Waals surface area contributed by atoms with Crippen LogP contribution in [0.3, 0.4) is 0 Å². The van der Waals surface area contributed by atoms with Gasteiger partial charge in [0.15, 0.2) is 0 Å². The smallest absolute Gasteiger partial charge is 0.241 e. The van der Waals surface area contributed by atoms with Crippen molar-refractivity contribution < 1.29 is 9.53 Å². The summed E-state index contributed by atoms with van der Waals surface area (Å²) in [5, 5.41) is 6.44. The summed E-state index contributed by atoms with van der Waals surface area (Å²) in [4.78, 5) is 12.7. The zero-order chi connectivity index (χ0) is 20.0. The quantitative estimate of drug-likeness (QED) is 0.679. The monoisotopic (exact) mass is 368 g/mol. The van der Waals surface area contributed by atoms with Gasteiger partial charge in [-0.2, -0.15) is 0 Å². The van der Waals surface area contributed by atoms with E-state index in [0.717, 1.165) is 0 Å². The molecule has 27 heavy (non-hydrogen) atoms. The largest absolute Gasteiger partial charge is 0.495 e. The first-order chi connectivity index (χ1) is 12.8. The first-order valence-electron chi connectivity index (χ1n) is 9.63. The van der Waals surface area contributed by atoms with Crippen molar-refractivity contribution >= 4 is 11.6 Å². The predicted molar refractivity (Wildman–Crippen MR) is 112 cm³/mol. The molecule has 0 saturated carbocycles. The van der Waals surface area contributed by atoms with Gasteiger partial charge in [0.2, 0.25) is 5.91 Å². The van der Waals surface area contributed by atoms with E-state index in [4.69, 9.17) is 4.74 Å². The lowest BCUT2D eigenvalue weighted by Gasteiger charge is -2.27. The Morgan fingerprint density at radius 1 is 0.889 bits per heavy atom. The Labute approximate surface area is 163 Å². The molecule has 2 N–H and O–H groups in total. The van der Waals surface area contributed by atoms with Crippen LogP contribution in [0.2, 0.25) is 0 Å². The Morgan fingerprint density at radius 2 is 1.48 bits per heavy atom. The van der Waals surface area contributed by atoms with Gasteiger partial charge in [0.05, 0.1) is 18.8 Å². The summed E-state index contributed by atoms with van der Waals surface area (Å²) in [5.74, 6) is 1.44. The average molecular weight is 369 g/mol. The first kappa shape index (κ1) is 21.0. The maximum Gasteiger partial charge on any atom is 0.241 e. The van der Waals surface area contributed by atoms with E-state index in [1.54, 1.807) is 7.11 Å². The van der Waals surface area contributed by atoms with Crippen molar-refractivity contribution in [2.75, 3.05) is 12.4 Å². The van der Waals surface area contributed by atoms with Crippen LogP contribution in [0.1, 0.15) is 57.7 Å². The minimum Gasteiger partial charge on any atom is -0.495 e.